The molecule has 0 radical (unpaired) electrons. The minimum absolute atomic E-state index is 0.677. The van der Waals surface area contributed by atoms with Crippen molar-refractivity contribution in [2.75, 3.05) is 72.5 Å². The van der Waals surface area contributed by atoms with Gasteiger partial charge in [-0.2, -0.15) is 0 Å². The van der Waals surface area contributed by atoms with Crippen LogP contribution in [0, 0.1) is 0 Å². The molecule has 116 valence electrons. The number of ether oxygens (including phenoxy) is 4. The number of nitrogens with zero attached hydrogens (tertiary/aromatic N) is 1. The smallest absolute Gasteiger partial charge is 0.0701 e. The van der Waals surface area contributed by atoms with Crippen molar-refractivity contribution in [1.82, 2.24) is 4.90 Å². The van der Waals surface area contributed by atoms with E-state index < -0.39 is 0 Å². The molecule has 0 heterocycles. The van der Waals surface area contributed by atoms with Crippen molar-refractivity contribution in [3.8, 4) is 0 Å². The molecule has 0 saturated heterocycles. The largest absolute Gasteiger partial charge is 0.379 e. The molecular weight excluding hydrogens is 246 g/mol. The normalized spacial score (nSPS) is 11.4. The highest BCUT2D eigenvalue weighted by Gasteiger charge is 2.02. The summed E-state index contributed by atoms with van der Waals surface area (Å²) in [4.78, 5) is 2.32. The Bertz CT molecular complexity index is 154. The third-order valence-corrected chi connectivity index (χ3v) is 2.70. The van der Waals surface area contributed by atoms with Gasteiger partial charge >= 0.3 is 0 Å². The van der Waals surface area contributed by atoms with Crippen molar-refractivity contribution in [2.45, 2.75) is 20.8 Å². The molecule has 0 saturated carbocycles. The standard InChI is InChI=1S/C14H31NO4/c1-4-15(7-9-18-13-11-16-5-2)8-10-19-14-12-17-6-3/h4-14H2,1-3H3. The first-order chi connectivity index (χ1) is 9.35. The highest BCUT2D eigenvalue weighted by Crippen LogP contribution is 1.90. The van der Waals surface area contributed by atoms with Crippen molar-refractivity contribution in [3.05, 3.63) is 0 Å². The van der Waals surface area contributed by atoms with Crippen molar-refractivity contribution in [2.24, 2.45) is 0 Å². The average molecular weight is 277 g/mol. The van der Waals surface area contributed by atoms with Crippen molar-refractivity contribution in [3.63, 3.8) is 0 Å². The van der Waals surface area contributed by atoms with Gasteiger partial charge in [0, 0.05) is 26.3 Å². The maximum absolute atomic E-state index is 5.50. The molecule has 5 nitrogen and oxygen atoms in total. The summed E-state index contributed by atoms with van der Waals surface area (Å²) in [6.45, 7) is 14.8. The van der Waals surface area contributed by atoms with Crippen LogP contribution < -0.4 is 0 Å². The quantitative estimate of drug-likeness (QED) is 0.423. The van der Waals surface area contributed by atoms with Crippen LogP contribution in [0.25, 0.3) is 0 Å². The first-order valence-electron chi connectivity index (χ1n) is 7.38. The highest BCUT2D eigenvalue weighted by atomic mass is 16.5. The van der Waals surface area contributed by atoms with E-state index in [9.17, 15) is 0 Å². The Morgan fingerprint density at radius 1 is 0.579 bits per heavy atom. The van der Waals surface area contributed by atoms with E-state index in [4.69, 9.17) is 18.9 Å². The fraction of sp³-hybridized carbons (Fsp3) is 1.00. The zero-order valence-corrected chi connectivity index (χ0v) is 12.9. The summed E-state index contributed by atoms with van der Waals surface area (Å²) in [5, 5.41) is 0. The van der Waals surface area contributed by atoms with E-state index in [0.717, 1.165) is 46.1 Å². The van der Waals surface area contributed by atoms with E-state index in [-0.39, 0.29) is 0 Å². The summed E-state index contributed by atoms with van der Waals surface area (Å²) in [5.74, 6) is 0. The fourth-order valence-electron chi connectivity index (χ4n) is 1.54. The topological polar surface area (TPSA) is 40.2 Å². The van der Waals surface area contributed by atoms with E-state index in [2.05, 4.69) is 11.8 Å². The summed E-state index contributed by atoms with van der Waals surface area (Å²) in [5.41, 5.74) is 0. The summed E-state index contributed by atoms with van der Waals surface area (Å²) < 4.78 is 21.4. The molecule has 0 aromatic rings. The van der Waals surface area contributed by atoms with Gasteiger partial charge in [0.25, 0.3) is 0 Å². The van der Waals surface area contributed by atoms with E-state index in [1.165, 1.54) is 0 Å². The second-order valence-electron chi connectivity index (χ2n) is 4.05. The van der Waals surface area contributed by atoms with Crippen LogP contribution in [0.2, 0.25) is 0 Å². The zero-order chi connectivity index (χ0) is 14.2. The molecule has 0 aromatic carbocycles. The molecule has 0 fully saturated rings. The summed E-state index contributed by atoms with van der Waals surface area (Å²) in [6, 6.07) is 0. The van der Waals surface area contributed by atoms with Gasteiger partial charge < -0.3 is 18.9 Å². The van der Waals surface area contributed by atoms with Crippen LogP contribution in [0.15, 0.2) is 0 Å². The molecule has 0 aliphatic heterocycles. The minimum Gasteiger partial charge on any atom is -0.379 e. The maximum atomic E-state index is 5.50. The molecule has 0 atom stereocenters. The van der Waals surface area contributed by atoms with Crippen LogP contribution >= 0.6 is 0 Å². The first-order valence-corrected chi connectivity index (χ1v) is 7.38. The zero-order valence-electron chi connectivity index (χ0n) is 12.9. The van der Waals surface area contributed by atoms with Crippen LogP contribution in [-0.2, 0) is 18.9 Å². The number of rotatable bonds is 15. The molecule has 19 heavy (non-hydrogen) atoms. The predicted molar refractivity (Wildman–Crippen MR) is 76.7 cm³/mol. The van der Waals surface area contributed by atoms with Gasteiger partial charge in [-0.05, 0) is 20.4 Å². The van der Waals surface area contributed by atoms with Crippen molar-refractivity contribution < 1.29 is 18.9 Å². The van der Waals surface area contributed by atoms with E-state index in [1.807, 2.05) is 13.8 Å². The summed E-state index contributed by atoms with van der Waals surface area (Å²) in [7, 11) is 0. The highest BCUT2D eigenvalue weighted by molar-refractivity contribution is 4.54. The third kappa shape index (κ3) is 14.0. The van der Waals surface area contributed by atoms with E-state index in [0.29, 0.717) is 26.4 Å². The monoisotopic (exact) mass is 277 g/mol. The molecule has 0 spiro atoms. The van der Waals surface area contributed by atoms with Gasteiger partial charge in [0.1, 0.15) is 0 Å². The molecule has 0 rings (SSSR count). The summed E-state index contributed by atoms with van der Waals surface area (Å²) >= 11 is 0. The molecule has 0 aliphatic rings. The number of hydrogen-bond acceptors (Lipinski definition) is 5. The second kappa shape index (κ2) is 15.9. The SMILES string of the molecule is CCOCCOCCN(CC)CCOCCOCC. The fourth-order valence-corrected chi connectivity index (χ4v) is 1.54. The maximum Gasteiger partial charge on any atom is 0.0701 e. The lowest BCUT2D eigenvalue weighted by molar-refractivity contribution is 0.0280. The molecule has 0 N–H and O–H groups in total. The minimum atomic E-state index is 0.677. The Morgan fingerprint density at radius 2 is 1.00 bits per heavy atom. The predicted octanol–water partition coefficient (Wildman–Crippen LogP) is 1.41. The van der Waals surface area contributed by atoms with Crippen LogP contribution in [0.4, 0.5) is 0 Å². The van der Waals surface area contributed by atoms with Gasteiger partial charge in [-0.15, -0.1) is 0 Å². The van der Waals surface area contributed by atoms with Gasteiger partial charge in [0.05, 0.1) is 39.6 Å². The summed E-state index contributed by atoms with van der Waals surface area (Å²) in [6.07, 6.45) is 0. The second-order valence-corrected chi connectivity index (χ2v) is 4.05. The number of hydrogen-bond donors (Lipinski definition) is 0. The van der Waals surface area contributed by atoms with Gasteiger partial charge in [-0.1, -0.05) is 6.92 Å². The molecule has 5 heteroatoms. The van der Waals surface area contributed by atoms with Gasteiger partial charge in [0.2, 0.25) is 0 Å². The Labute approximate surface area is 118 Å². The van der Waals surface area contributed by atoms with Crippen LogP contribution in [0.5, 0.6) is 0 Å². The third-order valence-electron chi connectivity index (χ3n) is 2.70. The van der Waals surface area contributed by atoms with Crippen molar-refractivity contribution >= 4 is 0 Å². The van der Waals surface area contributed by atoms with Crippen LogP contribution in [-0.4, -0.2) is 77.4 Å². The Hall–Kier alpha value is -0.200. The first kappa shape index (κ1) is 18.8. The van der Waals surface area contributed by atoms with E-state index in [1.54, 1.807) is 0 Å². The average Bonchev–Trinajstić information content (AvgIpc) is 2.44. The Balaban J connectivity index is 3.30. The lowest BCUT2D eigenvalue weighted by Gasteiger charge is -2.20. The molecule has 0 aromatic heterocycles. The molecule has 0 unspecified atom stereocenters. The lowest BCUT2D eigenvalue weighted by atomic mass is 10.5. The lowest BCUT2D eigenvalue weighted by Crippen LogP contribution is -2.31. The Morgan fingerprint density at radius 3 is 1.37 bits per heavy atom. The van der Waals surface area contributed by atoms with Crippen LogP contribution in [0.1, 0.15) is 20.8 Å². The molecular formula is C14H31NO4. The van der Waals surface area contributed by atoms with Gasteiger partial charge in [0.15, 0.2) is 0 Å². The molecule has 0 amide bonds. The van der Waals surface area contributed by atoms with Gasteiger partial charge in [-0.3, -0.25) is 4.90 Å². The van der Waals surface area contributed by atoms with Crippen LogP contribution in [0.3, 0.4) is 0 Å². The van der Waals surface area contributed by atoms with Gasteiger partial charge in [-0.25, -0.2) is 0 Å². The van der Waals surface area contributed by atoms with Crippen molar-refractivity contribution in [1.29, 1.82) is 0 Å². The van der Waals surface area contributed by atoms with E-state index >= 15 is 0 Å². The molecule has 0 aliphatic carbocycles. The Kier molecular flexibility index (Phi) is 15.7. The number of likely N-dealkylation sites (N-methyl/N-ethyl adjacent to an activating group) is 1. The molecule has 0 bridgehead atoms.